The van der Waals surface area contributed by atoms with Gasteiger partial charge in [0.25, 0.3) is 11.8 Å². The third kappa shape index (κ3) is 4.19. The lowest BCUT2D eigenvalue weighted by atomic mass is 10.0. The molecule has 1 fully saturated rings. The van der Waals surface area contributed by atoms with Crippen LogP contribution in [0.15, 0.2) is 35.1 Å². The maximum atomic E-state index is 12.9. The Morgan fingerprint density at radius 1 is 1.41 bits per heavy atom. The Kier molecular flexibility index (Phi) is 5.78. The quantitative estimate of drug-likeness (QED) is 0.344. The number of aromatic nitrogens is 1. The van der Waals surface area contributed by atoms with E-state index in [2.05, 4.69) is 15.5 Å². The van der Waals surface area contributed by atoms with Crippen LogP contribution in [0.3, 0.4) is 0 Å². The summed E-state index contributed by atoms with van der Waals surface area (Å²) in [6, 6.07) is 3.85. The van der Waals surface area contributed by atoms with Crippen LogP contribution < -0.4 is 11.1 Å². The third-order valence-corrected chi connectivity index (χ3v) is 5.47. The van der Waals surface area contributed by atoms with Gasteiger partial charge in [-0.3, -0.25) is 14.5 Å². The average Bonchev–Trinajstić information content (AvgIpc) is 2.65. The van der Waals surface area contributed by atoms with Crippen molar-refractivity contribution in [3.8, 4) is 0 Å². The molecule has 4 N–H and O–H groups in total. The second-order valence-corrected chi connectivity index (χ2v) is 8.29. The van der Waals surface area contributed by atoms with Crippen LogP contribution in [0, 0.1) is 0 Å². The predicted octanol–water partition coefficient (Wildman–Crippen LogP) is 0.550. The topological polar surface area (TPSA) is 147 Å². The molecule has 0 aliphatic carbocycles. The molecular weight excluding hydrogens is 398 g/mol. The third-order valence-electron chi connectivity index (χ3n) is 4.14. The SMILES string of the molecule is CC(C)O/N=C(/C(=O)NC1C(=O)N2C(C(=O)O)=CC(C)S[C@H]12)c1cccc(N)n1. The smallest absolute Gasteiger partial charge is 0.352 e. The zero-order valence-corrected chi connectivity index (χ0v) is 16.8. The Balaban J connectivity index is 1.82. The van der Waals surface area contributed by atoms with Gasteiger partial charge in [0.15, 0.2) is 5.71 Å². The van der Waals surface area contributed by atoms with Crippen LogP contribution in [0.25, 0.3) is 0 Å². The average molecular weight is 419 g/mol. The van der Waals surface area contributed by atoms with E-state index in [1.54, 1.807) is 32.0 Å². The molecule has 0 radical (unpaired) electrons. The maximum Gasteiger partial charge on any atom is 0.352 e. The number of rotatable bonds is 6. The number of thioether (sulfide) groups is 1. The summed E-state index contributed by atoms with van der Waals surface area (Å²) in [5.74, 6) is -2.15. The molecule has 1 aromatic heterocycles. The van der Waals surface area contributed by atoms with E-state index in [-0.39, 0.29) is 34.3 Å². The molecule has 11 heteroatoms. The van der Waals surface area contributed by atoms with E-state index in [4.69, 9.17) is 10.6 Å². The number of carbonyl (C=O) groups excluding carboxylic acids is 2. The number of nitrogens with one attached hydrogen (secondary N) is 1. The Hall–Kier alpha value is -3.08. The summed E-state index contributed by atoms with van der Waals surface area (Å²) < 4.78 is 0. The fraction of sp³-hybridized carbons (Fsp3) is 0.389. The molecule has 2 aliphatic rings. The number of hydrogen-bond donors (Lipinski definition) is 3. The van der Waals surface area contributed by atoms with Crippen LogP contribution in [0.4, 0.5) is 5.82 Å². The fourth-order valence-corrected chi connectivity index (χ4v) is 4.21. The molecule has 29 heavy (non-hydrogen) atoms. The number of β-lactam (4-membered cyclic amide) rings is 1. The van der Waals surface area contributed by atoms with Crippen molar-refractivity contribution in [2.24, 2.45) is 5.16 Å². The van der Waals surface area contributed by atoms with Crippen molar-refractivity contribution in [3.05, 3.63) is 35.7 Å². The molecule has 0 bridgehead atoms. The van der Waals surface area contributed by atoms with Crippen molar-refractivity contribution in [1.82, 2.24) is 15.2 Å². The summed E-state index contributed by atoms with van der Waals surface area (Å²) in [4.78, 5) is 47.3. The summed E-state index contributed by atoms with van der Waals surface area (Å²) >= 11 is 1.38. The molecule has 0 spiro atoms. The van der Waals surface area contributed by atoms with Crippen LogP contribution in [0.5, 0.6) is 0 Å². The molecule has 2 aliphatic heterocycles. The number of hydrogen-bond acceptors (Lipinski definition) is 8. The molecule has 3 rings (SSSR count). The molecule has 3 atom stereocenters. The van der Waals surface area contributed by atoms with Gasteiger partial charge in [-0.1, -0.05) is 11.2 Å². The van der Waals surface area contributed by atoms with E-state index in [0.717, 1.165) is 0 Å². The second-order valence-electron chi connectivity index (χ2n) is 6.79. The number of aliphatic carboxylic acids is 1. The van der Waals surface area contributed by atoms with E-state index in [1.807, 2.05) is 6.92 Å². The van der Waals surface area contributed by atoms with Gasteiger partial charge in [0.05, 0.1) is 0 Å². The van der Waals surface area contributed by atoms with Gasteiger partial charge in [0.1, 0.15) is 34.7 Å². The minimum Gasteiger partial charge on any atom is -0.477 e. The number of nitrogens with zero attached hydrogens (tertiary/aromatic N) is 3. The highest BCUT2D eigenvalue weighted by molar-refractivity contribution is 8.00. The molecule has 154 valence electrons. The van der Waals surface area contributed by atoms with Gasteiger partial charge in [-0.2, -0.15) is 0 Å². The number of oxime groups is 1. The van der Waals surface area contributed by atoms with Gasteiger partial charge in [-0.15, -0.1) is 11.8 Å². The van der Waals surface area contributed by atoms with Gasteiger partial charge < -0.3 is 21.0 Å². The van der Waals surface area contributed by atoms with Crippen LogP contribution in [-0.2, 0) is 19.2 Å². The van der Waals surface area contributed by atoms with Crippen molar-refractivity contribution in [2.45, 2.75) is 43.5 Å². The number of pyridine rings is 1. The molecule has 10 nitrogen and oxygen atoms in total. The summed E-state index contributed by atoms with van der Waals surface area (Å²) in [6.45, 7) is 5.32. The lowest BCUT2D eigenvalue weighted by Crippen LogP contribution is -2.71. The standard InChI is InChI=1S/C18H21N5O5S/c1-8(2)28-22-13(10-5-4-6-12(19)20-10)15(24)21-14-16(25)23-11(18(26)27)7-9(3)29-17(14)23/h4-9,14,17H,1-3H3,(H2,19,20)(H,21,24)(H,26,27)/b22-13+/t9?,14?,17-/m1/s1. The van der Waals surface area contributed by atoms with Gasteiger partial charge >= 0.3 is 5.97 Å². The van der Waals surface area contributed by atoms with Crippen LogP contribution in [0.2, 0.25) is 0 Å². The Labute approximate surface area is 171 Å². The van der Waals surface area contributed by atoms with Crippen LogP contribution in [0.1, 0.15) is 26.5 Å². The maximum absolute atomic E-state index is 12.9. The Bertz CT molecular complexity index is 916. The number of carboxylic acid groups (broad SMARTS) is 1. The number of carbonyl (C=O) groups is 3. The van der Waals surface area contributed by atoms with E-state index < -0.39 is 29.2 Å². The van der Waals surface area contributed by atoms with Crippen LogP contribution >= 0.6 is 11.8 Å². The van der Waals surface area contributed by atoms with Crippen molar-refractivity contribution in [1.29, 1.82) is 0 Å². The minimum absolute atomic E-state index is 0.0775. The zero-order valence-electron chi connectivity index (χ0n) is 16.0. The predicted molar refractivity (Wildman–Crippen MR) is 107 cm³/mol. The molecule has 1 saturated heterocycles. The largest absolute Gasteiger partial charge is 0.477 e. The Morgan fingerprint density at radius 3 is 2.76 bits per heavy atom. The number of nitrogen functional groups attached to an aromatic ring is 1. The number of carboxylic acids is 1. The minimum atomic E-state index is -1.18. The van der Waals surface area contributed by atoms with Crippen molar-refractivity contribution in [3.63, 3.8) is 0 Å². The lowest BCUT2D eigenvalue weighted by Gasteiger charge is -2.49. The van der Waals surface area contributed by atoms with E-state index in [9.17, 15) is 19.5 Å². The molecule has 0 aromatic carbocycles. The van der Waals surface area contributed by atoms with Crippen molar-refractivity contribution < 1.29 is 24.3 Å². The monoisotopic (exact) mass is 419 g/mol. The Morgan fingerprint density at radius 2 is 2.14 bits per heavy atom. The van der Waals surface area contributed by atoms with E-state index >= 15 is 0 Å². The number of anilines is 1. The summed E-state index contributed by atoms with van der Waals surface area (Å²) in [6.07, 6.45) is 1.23. The number of fused-ring (bicyclic) bond motifs is 1. The van der Waals surface area contributed by atoms with Crippen molar-refractivity contribution in [2.75, 3.05) is 5.73 Å². The number of amides is 2. The molecule has 2 unspecified atom stereocenters. The highest BCUT2D eigenvalue weighted by Crippen LogP contribution is 2.40. The first-order valence-electron chi connectivity index (χ1n) is 8.90. The van der Waals surface area contributed by atoms with E-state index in [0.29, 0.717) is 0 Å². The zero-order chi connectivity index (χ0) is 21.3. The normalized spacial score (nSPS) is 23.8. The molecular formula is C18H21N5O5S. The molecule has 2 amide bonds. The summed E-state index contributed by atoms with van der Waals surface area (Å²) in [5.41, 5.74) is 5.69. The molecule has 0 saturated carbocycles. The van der Waals surface area contributed by atoms with E-state index in [1.165, 1.54) is 22.7 Å². The lowest BCUT2D eigenvalue weighted by molar-refractivity contribution is -0.150. The first kappa shape index (κ1) is 20.6. The van der Waals surface area contributed by atoms with Gasteiger partial charge in [0.2, 0.25) is 0 Å². The van der Waals surface area contributed by atoms with Gasteiger partial charge in [-0.25, -0.2) is 9.78 Å². The molecule has 1 aromatic rings. The van der Waals surface area contributed by atoms with Crippen molar-refractivity contribution >= 4 is 41.1 Å². The number of nitrogens with two attached hydrogens (primary N) is 1. The second kappa shape index (κ2) is 8.11. The highest BCUT2D eigenvalue weighted by atomic mass is 32.2. The summed E-state index contributed by atoms with van der Waals surface area (Å²) in [7, 11) is 0. The van der Waals surface area contributed by atoms with Crippen LogP contribution in [-0.4, -0.2) is 61.3 Å². The first-order chi connectivity index (χ1) is 13.7. The van der Waals surface area contributed by atoms with Gasteiger partial charge in [0, 0.05) is 5.25 Å². The van der Waals surface area contributed by atoms with Gasteiger partial charge in [-0.05, 0) is 39.0 Å². The first-order valence-corrected chi connectivity index (χ1v) is 9.84. The fourth-order valence-electron chi connectivity index (χ4n) is 2.88. The summed E-state index contributed by atoms with van der Waals surface area (Å²) in [5, 5.41) is 15.2. The molecule has 3 heterocycles. The highest BCUT2D eigenvalue weighted by Gasteiger charge is 2.54.